The molecule has 4 rings (SSSR count). The standard InChI is InChI=1S/C23H19Cl2N3O4/c1-14(29)28(16-5-6-20-21(12-16)32-10-9-31-20)22-11-15(7-8-26-22)27-23(30)13-17-18(24)3-2-4-19(17)25/h2-8,11-12H,9-10,13H2,1H3,(H,26,27,30). The number of anilines is 3. The van der Waals surface area contributed by atoms with E-state index in [0.717, 1.165) is 0 Å². The Balaban J connectivity index is 1.56. The number of nitrogens with zero attached hydrogens (tertiary/aromatic N) is 2. The third-order valence-corrected chi connectivity index (χ3v) is 5.46. The molecule has 0 bridgehead atoms. The fourth-order valence-electron chi connectivity index (χ4n) is 3.33. The van der Waals surface area contributed by atoms with Crippen LogP contribution in [0.3, 0.4) is 0 Å². The average molecular weight is 472 g/mol. The van der Waals surface area contributed by atoms with E-state index in [1.165, 1.54) is 18.0 Å². The minimum absolute atomic E-state index is 0.00868. The second kappa shape index (κ2) is 9.46. The lowest BCUT2D eigenvalue weighted by Gasteiger charge is -2.24. The molecule has 32 heavy (non-hydrogen) atoms. The van der Waals surface area contributed by atoms with E-state index in [1.807, 2.05) is 0 Å². The number of carbonyl (C=O) groups is 2. The summed E-state index contributed by atoms with van der Waals surface area (Å²) < 4.78 is 11.2. The molecule has 1 N–H and O–H groups in total. The summed E-state index contributed by atoms with van der Waals surface area (Å²) in [4.78, 5) is 30.8. The Hall–Kier alpha value is -3.29. The minimum Gasteiger partial charge on any atom is -0.486 e. The number of hydrogen-bond donors (Lipinski definition) is 1. The fraction of sp³-hybridized carbons (Fsp3) is 0.174. The topological polar surface area (TPSA) is 80.8 Å². The maximum Gasteiger partial charge on any atom is 0.229 e. The van der Waals surface area contributed by atoms with Gasteiger partial charge in [0.15, 0.2) is 11.5 Å². The zero-order chi connectivity index (χ0) is 22.7. The number of benzene rings is 2. The Morgan fingerprint density at radius 2 is 1.75 bits per heavy atom. The Morgan fingerprint density at radius 3 is 2.47 bits per heavy atom. The number of rotatable bonds is 5. The second-order valence-corrected chi connectivity index (χ2v) is 7.82. The Labute approximate surface area is 194 Å². The van der Waals surface area contributed by atoms with Crippen LogP contribution in [0.2, 0.25) is 10.0 Å². The molecule has 1 aromatic heterocycles. The molecule has 0 saturated carbocycles. The molecular formula is C23H19Cl2N3O4. The number of halogens is 2. The van der Waals surface area contributed by atoms with Crippen LogP contribution in [-0.4, -0.2) is 30.0 Å². The van der Waals surface area contributed by atoms with E-state index in [0.29, 0.717) is 57.5 Å². The number of pyridine rings is 1. The number of ether oxygens (including phenoxy) is 2. The zero-order valence-corrected chi connectivity index (χ0v) is 18.6. The van der Waals surface area contributed by atoms with E-state index in [4.69, 9.17) is 32.7 Å². The van der Waals surface area contributed by atoms with Crippen LogP contribution in [0.15, 0.2) is 54.7 Å². The van der Waals surface area contributed by atoms with Gasteiger partial charge in [0.05, 0.1) is 12.1 Å². The average Bonchev–Trinajstić information content (AvgIpc) is 2.76. The van der Waals surface area contributed by atoms with Gasteiger partial charge in [-0.2, -0.15) is 0 Å². The molecule has 0 aliphatic carbocycles. The van der Waals surface area contributed by atoms with Gasteiger partial charge in [-0.05, 0) is 35.9 Å². The van der Waals surface area contributed by atoms with Crippen LogP contribution in [0, 0.1) is 0 Å². The summed E-state index contributed by atoms with van der Waals surface area (Å²) in [7, 11) is 0. The van der Waals surface area contributed by atoms with Gasteiger partial charge >= 0.3 is 0 Å². The van der Waals surface area contributed by atoms with Gasteiger partial charge in [0.2, 0.25) is 11.8 Å². The highest BCUT2D eigenvalue weighted by Crippen LogP contribution is 2.36. The first-order valence-corrected chi connectivity index (χ1v) is 10.6. The van der Waals surface area contributed by atoms with E-state index in [1.54, 1.807) is 48.5 Å². The lowest BCUT2D eigenvalue weighted by molar-refractivity contribution is -0.116. The lowest BCUT2D eigenvalue weighted by atomic mass is 10.1. The predicted molar refractivity (Wildman–Crippen MR) is 123 cm³/mol. The molecule has 7 nitrogen and oxygen atoms in total. The van der Waals surface area contributed by atoms with E-state index in [9.17, 15) is 9.59 Å². The zero-order valence-electron chi connectivity index (χ0n) is 17.1. The Morgan fingerprint density at radius 1 is 1.03 bits per heavy atom. The molecule has 9 heteroatoms. The number of fused-ring (bicyclic) bond motifs is 1. The summed E-state index contributed by atoms with van der Waals surface area (Å²) in [5.41, 5.74) is 1.59. The molecular weight excluding hydrogens is 453 g/mol. The molecule has 2 heterocycles. The number of aromatic nitrogens is 1. The molecule has 164 valence electrons. The summed E-state index contributed by atoms with van der Waals surface area (Å²) in [6.45, 7) is 2.35. The van der Waals surface area contributed by atoms with Crippen LogP contribution in [0.4, 0.5) is 17.2 Å². The summed E-state index contributed by atoms with van der Waals surface area (Å²) >= 11 is 12.3. The monoisotopic (exact) mass is 471 g/mol. The molecule has 0 atom stereocenters. The van der Waals surface area contributed by atoms with Gasteiger partial charge in [-0.15, -0.1) is 0 Å². The van der Waals surface area contributed by atoms with Gasteiger partial charge in [0.25, 0.3) is 0 Å². The van der Waals surface area contributed by atoms with E-state index < -0.39 is 0 Å². The highest BCUT2D eigenvalue weighted by molar-refractivity contribution is 6.36. The van der Waals surface area contributed by atoms with Gasteiger partial charge in [-0.3, -0.25) is 14.5 Å². The van der Waals surface area contributed by atoms with Crippen molar-refractivity contribution in [3.8, 4) is 11.5 Å². The molecule has 2 amide bonds. The van der Waals surface area contributed by atoms with Crippen molar-refractivity contribution in [3.05, 3.63) is 70.3 Å². The molecule has 0 fully saturated rings. The van der Waals surface area contributed by atoms with Crippen molar-refractivity contribution in [2.45, 2.75) is 13.3 Å². The molecule has 0 radical (unpaired) electrons. The van der Waals surface area contributed by atoms with Gasteiger partial charge in [-0.1, -0.05) is 29.3 Å². The molecule has 0 saturated heterocycles. The van der Waals surface area contributed by atoms with E-state index in [-0.39, 0.29) is 18.2 Å². The quantitative estimate of drug-likeness (QED) is 0.564. The van der Waals surface area contributed by atoms with E-state index >= 15 is 0 Å². The Bertz CT molecular complexity index is 1170. The maximum atomic E-state index is 12.6. The number of nitrogens with one attached hydrogen (secondary N) is 1. The first-order valence-electron chi connectivity index (χ1n) is 9.81. The van der Waals surface area contributed by atoms with Crippen molar-refractivity contribution in [3.63, 3.8) is 0 Å². The van der Waals surface area contributed by atoms with Crippen LogP contribution in [-0.2, 0) is 16.0 Å². The smallest absolute Gasteiger partial charge is 0.229 e. The summed E-state index contributed by atoms with van der Waals surface area (Å²) in [6.07, 6.45) is 1.52. The largest absolute Gasteiger partial charge is 0.486 e. The second-order valence-electron chi connectivity index (χ2n) is 7.01. The third kappa shape index (κ3) is 4.79. The maximum absolute atomic E-state index is 12.6. The van der Waals surface area contributed by atoms with Crippen LogP contribution >= 0.6 is 23.2 Å². The lowest BCUT2D eigenvalue weighted by Crippen LogP contribution is -2.24. The SMILES string of the molecule is CC(=O)N(c1ccc2c(c1)OCCO2)c1cc(NC(=O)Cc2c(Cl)cccc2Cl)ccn1. The van der Waals surface area contributed by atoms with Crippen LogP contribution < -0.4 is 19.7 Å². The number of carbonyl (C=O) groups excluding carboxylic acids is 2. The van der Waals surface area contributed by atoms with Crippen molar-refractivity contribution in [2.24, 2.45) is 0 Å². The molecule has 0 spiro atoms. The van der Waals surface area contributed by atoms with Gasteiger partial charge in [-0.25, -0.2) is 4.98 Å². The van der Waals surface area contributed by atoms with Crippen molar-refractivity contribution in [2.75, 3.05) is 23.4 Å². The predicted octanol–water partition coefficient (Wildman–Crippen LogP) is 5.03. The van der Waals surface area contributed by atoms with Crippen LogP contribution in [0.1, 0.15) is 12.5 Å². The molecule has 2 aromatic carbocycles. The number of amides is 2. The van der Waals surface area contributed by atoms with Gasteiger partial charge in [0, 0.05) is 41.0 Å². The first kappa shape index (κ1) is 21.9. The molecule has 1 aliphatic heterocycles. The highest BCUT2D eigenvalue weighted by atomic mass is 35.5. The summed E-state index contributed by atoms with van der Waals surface area (Å²) in [5, 5.41) is 3.64. The minimum atomic E-state index is -0.300. The van der Waals surface area contributed by atoms with Crippen molar-refractivity contribution < 1.29 is 19.1 Å². The summed E-state index contributed by atoms with van der Waals surface area (Å²) in [6, 6.07) is 13.6. The van der Waals surface area contributed by atoms with Crippen LogP contribution in [0.5, 0.6) is 11.5 Å². The summed E-state index contributed by atoms with van der Waals surface area (Å²) in [5.74, 6) is 0.978. The normalized spacial score (nSPS) is 12.2. The number of hydrogen-bond acceptors (Lipinski definition) is 5. The highest BCUT2D eigenvalue weighted by Gasteiger charge is 2.20. The fourth-order valence-corrected chi connectivity index (χ4v) is 3.86. The van der Waals surface area contributed by atoms with Crippen LogP contribution in [0.25, 0.3) is 0 Å². The molecule has 3 aromatic rings. The first-order chi connectivity index (χ1) is 15.4. The molecule has 1 aliphatic rings. The Kier molecular flexibility index (Phi) is 6.48. The third-order valence-electron chi connectivity index (χ3n) is 4.76. The van der Waals surface area contributed by atoms with Gasteiger partial charge in [0.1, 0.15) is 19.0 Å². The van der Waals surface area contributed by atoms with Crippen molar-refractivity contribution in [1.29, 1.82) is 0 Å². The van der Waals surface area contributed by atoms with Crippen molar-refractivity contribution in [1.82, 2.24) is 4.98 Å². The van der Waals surface area contributed by atoms with Gasteiger partial charge < -0.3 is 14.8 Å². The van der Waals surface area contributed by atoms with E-state index in [2.05, 4.69) is 10.3 Å². The van der Waals surface area contributed by atoms with Crippen molar-refractivity contribution >= 4 is 52.2 Å². The molecule has 0 unspecified atom stereocenters.